The Balaban J connectivity index is 0.00000157. The summed E-state index contributed by atoms with van der Waals surface area (Å²) in [4.78, 5) is 0. The molecule has 0 fully saturated rings. The van der Waals surface area contributed by atoms with Gasteiger partial charge >= 0.3 is 20.4 Å². The predicted octanol–water partition coefficient (Wildman–Crippen LogP) is 32.6. The van der Waals surface area contributed by atoms with Gasteiger partial charge in [-0.2, -0.15) is 12.8 Å². The van der Waals surface area contributed by atoms with Gasteiger partial charge in [0.1, 0.15) is 0 Å². The summed E-state index contributed by atoms with van der Waals surface area (Å²) in [6, 6.07) is 9.89. The molecular weight excluding hydrogens is 1240 g/mol. The third-order valence-electron chi connectivity index (χ3n) is 20.6. The first-order valence-electron chi connectivity index (χ1n) is 43.1. The van der Waals surface area contributed by atoms with Crippen LogP contribution in [0.4, 0.5) is 0 Å². The second-order valence-corrected chi connectivity index (χ2v) is 29.8. The van der Waals surface area contributed by atoms with Gasteiger partial charge in [-0.05, 0) is 122 Å². The van der Waals surface area contributed by atoms with Crippen LogP contribution in [0, 0.1) is 13.8 Å². The molecule has 3 rings (SSSR count). The first kappa shape index (κ1) is 93.2. The van der Waals surface area contributed by atoms with Crippen LogP contribution >= 0.6 is 0 Å². The number of allylic oxidation sites excluding steroid dienone is 2. The van der Waals surface area contributed by atoms with Crippen molar-refractivity contribution in [2.45, 2.75) is 480 Å². The molecule has 2 nitrogen and oxygen atoms in total. The van der Waals surface area contributed by atoms with E-state index in [0.29, 0.717) is 0 Å². The summed E-state index contributed by atoms with van der Waals surface area (Å²) in [5, 5.41) is 0. The molecule has 0 saturated carbocycles. The number of unbranched alkanes of at least 4 members (excludes halogenated alkanes) is 46. The Morgan fingerprint density at radius 3 is 0.621 bits per heavy atom. The van der Waals surface area contributed by atoms with Crippen LogP contribution in [0.2, 0.25) is 0 Å². The average molecular weight is 1410 g/mol. The minimum atomic E-state index is 0. The van der Waals surface area contributed by atoms with Gasteiger partial charge in [-0.15, -0.1) is 0 Å². The molecule has 0 amide bonds. The number of nitrogens with zero attached hydrogens (tertiary/aromatic N) is 2. The van der Waals surface area contributed by atoms with Gasteiger partial charge in [0.25, 0.3) is 0 Å². The van der Waals surface area contributed by atoms with Gasteiger partial charge in [0.05, 0.1) is 0 Å². The van der Waals surface area contributed by atoms with Gasteiger partial charge in [-0.1, -0.05) is 403 Å². The van der Waals surface area contributed by atoms with Gasteiger partial charge < -0.3 is 19.4 Å². The van der Waals surface area contributed by atoms with E-state index in [1.165, 1.54) is 353 Å². The van der Waals surface area contributed by atoms with E-state index in [2.05, 4.69) is 107 Å². The van der Waals surface area contributed by atoms with Gasteiger partial charge in [0.2, 0.25) is 11.4 Å². The number of aryl methyl sites for hydroxylation is 4. The monoisotopic (exact) mass is 1410 g/mol. The van der Waals surface area contributed by atoms with E-state index in [-0.39, 0.29) is 20.4 Å². The summed E-state index contributed by atoms with van der Waals surface area (Å²) in [5.74, 6) is 0. The largest absolute Gasteiger partial charge is 2.00 e. The molecule has 95 heavy (non-hydrogen) atoms. The number of hydrogen-bond donors (Lipinski definition) is 0. The number of hydrogen-bond acceptors (Lipinski definition) is 0. The topological polar surface area (TPSA) is 25.3 Å². The Hall–Kier alpha value is -1.82. The first-order valence-corrected chi connectivity index (χ1v) is 43.1. The molecule has 1 aliphatic heterocycles. The van der Waals surface area contributed by atoms with Crippen LogP contribution in [-0.2, 0) is 58.9 Å². The third-order valence-corrected chi connectivity index (χ3v) is 20.6. The molecule has 2 aromatic rings. The van der Waals surface area contributed by atoms with E-state index in [0.717, 1.165) is 114 Å². The Labute approximate surface area is 612 Å². The van der Waals surface area contributed by atoms with Crippen molar-refractivity contribution in [1.82, 2.24) is 0 Å². The molecule has 0 atom stereocenters. The van der Waals surface area contributed by atoms with E-state index in [1.54, 1.807) is 15.8 Å². The molecule has 1 heterocycles. The van der Waals surface area contributed by atoms with E-state index in [4.69, 9.17) is 0 Å². The molecule has 0 saturated heterocycles. The second kappa shape index (κ2) is 69.3. The predicted molar refractivity (Wildman–Crippen MR) is 428 cm³/mol. The van der Waals surface area contributed by atoms with Crippen molar-refractivity contribution < 1.29 is 25.1 Å². The van der Waals surface area contributed by atoms with Crippen molar-refractivity contribution in [2.24, 2.45) is 0 Å². The Morgan fingerprint density at radius 2 is 0.421 bits per heavy atom. The van der Waals surface area contributed by atoms with Crippen LogP contribution in [-0.4, -0.2) is 4.70 Å². The van der Waals surface area contributed by atoms with Gasteiger partial charge in [0.15, 0.2) is 0 Å². The maximum absolute atomic E-state index is 12.6. The van der Waals surface area contributed by atoms with Crippen LogP contribution in [0.3, 0.4) is 0 Å². The number of benzene rings is 2. The van der Waals surface area contributed by atoms with Crippen molar-refractivity contribution in [1.29, 1.82) is 0 Å². The Kier molecular flexibility index (Phi) is 68.0. The summed E-state index contributed by atoms with van der Waals surface area (Å²) in [6.45, 7) is 30.9. The van der Waals surface area contributed by atoms with Crippen molar-refractivity contribution in [3.05, 3.63) is 99.3 Å². The summed E-state index contributed by atoms with van der Waals surface area (Å²) in [6.07, 6.45) is 86.3. The van der Waals surface area contributed by atoms with Crippen molar-refractivity contribution in [3.8, 4) is 0 Å². The summed E-state index contributed by atoms with van der Waals surface area (Å²) in [5.41, 5.74) is 29.2. The average Bonchev–Trinajstić information content (AvgIpc) is 1.61. The van der Waals surface area contributed by atoms with Crippen LogP contribution in [0.15, 0.2) is 35.4 Å². The summed E-state index contributed by atoms with van der Waals surface area (Å²) < 4.78 is 1.68. The maximum atomic E-state index is 12.6. The van der Waals surface area contributed by atoms with Crippen LogP contribution in [0.5, 0.6) is 0 Å². The normalized spacial score (nSPS) is 12.2. The molecule has 0 aliphatic carbocycles. The fourth-order valence-electron chi connectivity index (χ4n) is 15.1. The smallest absolute Gasteiger partial charge is 0.493 e. The quantitative estimate of drug-likeness (QED) is 0.0273. The van der Waals surface area contributed by atoms with Crippen molar-refractivity contribution in [3.63, 3.8) is 0 Å². The van der Waals surface area contributed by atoms with E-state index in [9.17, 15) is 5.53 Å². The van der Waals surface area contributed by atoms with Gasteiger partial charge in [-0.3, -0.25) is 0 Å². The minimum Gasteiger partial charge on any atom is -0.493 e. The van der Waals surface area contributed by atoms with Crippen LogP contribution in [0.25, 0.3) is 16.9 Å². The Morgan fingerprint density at radius 1 is 0.232 bits per heavy atom. The molecule has 2 aromatic carbocycles. The first-order chi connectivity index (χ1) is 46.3. The molecule has 3 heteroatoms. The molecule has 0 bridgehead atoms. The van der Waals surface area contributed by atoms with Crippen molar-refractivity contribution >= 4 is 11.4 Å². The standard InChI is InChI=1S/C46H72N2.2C23H47.Pd/c1-9-17-19-20-21-22-30-44-43(29-18-10-2)45(39-31-35(23-11-3)41(27-15-7)36(32-39)24-12-4)48(47)46(44)40-33-37(25-13-5)42(28-16-8)38(34-40)26-14-6;2*1-3-5-7-9-11-13-15-17-19-21-23-22-20-18-16-14-12-10-8-6-4-2;/h31-34H,9-30H2,1-8H3;2*1,3-23H2,2H3;/q;2*-1;+2. The molecule has 554 valence electrons. The van der Waals surface area contributed by atoms with E-state index >= 15 is 0 Å². The molecule has 0 unspecified atom stereocenters. The zero-order chi connectivity index (χ0) is 68.6. The van der Waals surface area contributed by atoms with Crippen LogP contribution in [0.1, 0.15) is 486 Å². The molecule has 0 aromatic heterocycles. The summed E-state index contributed by atoms with van der Waals surface area (Å²) in [7, 11) is 0. The second-order valence-electron chi connectivity index (χ2n) is 29.8. The van der Waals surface area contributed by atoms with Gasteiger partial charge in [-0.25, -0.2) is 4.70 Å². The molecule has 0 radical (unpaired) electrons. The maximum Gasteiger partial charge on any atom is 2.00 e. The zero-order valence-electron chi connectivity index (χ0n) is 66.2. The fraction of sp³-hybridized carbons (Fsp3) is 0.804. The van der Waals surface area contributed by atoms with E-state index < -0.39 is 0 Å². The van der Waals surface area contributed by atoms with Gasteiger partial charge in [0, 0.05) is 22.3 Å². The molecule has 0 N–H and O–H groups in total. The molecule has 0 spiro atoms. The van der Waals surface area contributed by atoms with E-state index in [1.807, 2.05) is 0 Å². The zero-order valence-corrected chi connectivity index (χ0v) is 67.7. The Bertz CT molecular complexity index is 1950. The fourth-order valence-corrected chi connectivity index (χ4v) is 15.1. The van der Waals surface area contributed by atoms with Crippen LogP contribution < -0.4 is 0 Å². The number of rotatable bonds is 64. The van der Waals surface area contributed by atoms with Crippen molar-refractivity contribution in [2.75, 3.05) is 0 Å². The molecule has 1 aliphatic rings. The minimum absolute atomic E-state index is 0. The molecular formula is C92H166N2Pd. The summed E-state index contributed by atoms with van der Waals surface area (Å²) >= 11 is 0. The third kappa shape index (κ3) is 45.6. The SMILES string of the molecule is CCCCCCCCC1=C(c2cc(CCC)c(CCC)c(CCC)c2)[N+](=[N-])C(c2cc(CCC)c(CCC)c(CCC)c2)=C1CCCC.[CH2-]CCCCCCCCCCCCCCCCCCCCCC.[CH2-]CCCCCCCCCCCCCCCCCCCCCC.[Pd+2].